The highest BCUT2D eigenvalue weighted by molar-refractivity contribution is 5.96. The van der Waals surface area contributed by atoms with Crippen LogP contribution in [0.15, 0.2) is 60.7 Å². The molecular weight excluding hydrogens is 454 g/mol. The van der Waals surface area contributed by atoms with Gasteiger partial charge in [0.05, 0.1) is 5.54 Å². The Kier molecular flexibility index (Phi) is 7.19. The van der Waals surface area contributed by atoms with Crippen LogP contribution in [0, 0.1) is 5.92 Å². The minimum absolute atomic E-state index is 0.0364. The van der Waals surface area contributed by atoms with Crippen LogP contribution in [0.1, 0.15) is 55.6 Å². The minimum atomic E-state index is -0.718. The van der Waals surface area contributed by atoms with E-state index in [2.05, 4.69) is 64.5 Å². The summed E-state index contributed by atoms with van der Waals surface area (Å²) in [6.45, 7) is 11.0. The van der Waals surface area contributed by atoms with Crippen LogP contribution in [0.5, 0.6) is 0 Å². The maximum atomic E-state index is 12.2. The van der Waals surface area contributed by atoms with Crippen molar-refractivity contribution in [2.24, 2.45) is 11.7 Å². The van der Waals surface area contributed by atoms with Crippen molar-refractivity contribution in [3.8, 4) is 0 Å². The molecule has 188 valence electrons. The molecule has 1 fully saturated rings. The molecule has 9 heteroatoms. The van der Waals surface area contributed by atoms with Gasteiger partial charge in [-0.15, -0.1) is 10.2 Å². The quantitative estimate of drug-likeness (QED) is 0.486. The Labute approximate surface area is 211 Å². The van der Waals surface area contributed by atoms with Crippen LogP contribution in [-0.2, 0) is 4.79 Å². The lowest BCUT2D eigenvalue weighted by Crippen LogP contribution is -2.59. The number of rotatable bonds is 8. The van der Waals surface area contributed by atoms with Crippen LogP contribution >= 0.6 is 0 Å². The second-order valence-electron chi connectivity index (χ2n) is 9.98. The summed E-state index contributed by atoms with van der Waals surface area (Å²) in [5, 5.41) is 14.6. The fraction of sp³-hybridized carbons (Fsp3) is 0.370. The predicted molar refractivity (Wildman–Crippen MR) is 141 cm³/mol. The van der Waals surface area contributed by atoms with Crippen LogP contribution in [0.3, 0.4) is 0 Å². The highest BCUT2D eigenvalue weighted by Gasteiger charge is 2.39. The molecule has 2 unspecified atom stereocenters. The molecule has 0 spiro atoms. The predicted octanol–water partition coefficient (Wildman–Crippen LogP) is 3.61. The van der Waals surface area contributed by atoms with E-state index < -0.39 is 11.4 Å². The normalized spacial score (nSPS) is 21.3. The Morgan fingerprint density at radius 2 is 2.00 bits per heavy atom. The number of carbonyl (C=O) groups is 2. The third-order valence-electron chi connectivity index (χ3n) is 6.64. The van der Waals surface area contributed by atoms with Crippen molar-refractivity contribution in [2.75, 3.05) is 23.3 Å². The summed E-state index contributed by atoms with van der Waals surface area (Å²) in [5.74, 6) is 0.239. The SMILES string of the molecule is C=CC(=O)NC1(C)CC(C2=CC=CC2)CN(c2nnc(C(N)=O)c(Nc3ccc(C(C)C)cc3)n2)C1. The third-order valence-corrected chi connectivity index (χ3v) is 6.64. The number of allylic oxidation sites excluding steroid dienone is 3. The molecule has 4 N–H and O–H groups in total. The molecular formula is C27H33N7O2. The molecule has 4 rings (SSSR count). The van der Waals surface area contributed by atoms with Gasteiger partial charge in [-0.3, -0.25) is 9.59 Å². The molecule has 1 aliphatic carbocycles. The summed E-state index contributed by atoms with van der Waals surface area (Å²) in [7, 11) is 0. The van der Waals surface area contributed by atoms with E-state index in [1.54, 1.807) is 0 Å². The first-order valence-electron chi connectivity index (χ1n) is 12.1. The van der Waals surface area contributed by atoms with E-state index >= 15 is 0 Å². The molecule has 36 heavy (non-hydrogen) atoms. The van der Waals surface area contributed by atoms with Crippen LogP contribution < -0.4 is 21.3 Å². The highest BCUT2D eigenvalue weighted by Crippen LogP contribution is 2.35. The molecule has 2 atom stereocenters. The Bertz CT molecular complexity index is 1220. The molecule has 9 nitrogen and oxygen atoms in total. The number of hydrogen-bond donors (Lipinski definition) is 3. The van der Waals surface area contributed by atoms with Crippen molar-refractivity contribution in [3.05, 3.63) is 72.0 Å². The van der Waals surface area contributed by atoms with Gasteiger partial charge in [0.1, 0.15) is 0 Å². The van der Waals surface area contributed by atoms with Crippen LogP contribution in [0.4, 0.5) is 17.5 Å². The number of nitrogens with zero attached hydrogens (tertiary/aromatic N) is 4. The average Bonchev–Trinajstić information content (AvgIpc) is 3.39. The summed E-state index contributed by atoms with van der Waals surface area (Å²) in [4.78, 5) is 31.0. The molecule has 1 aliphatic heterocycles. The lowest BCUT2D eigenvalue weighted by atomic mass is 9.79. The number of piperidine rings is 1. The van der Waals surface area contributed by atoms with Gasteiger partial charge in [-0.1, -0.05) is 56.4 Å². The van der Waals surface area contributed by atoms with Gasteiger partial charge in [-0.2, -0.15) is 4.98 Å². The second-order valence-corrected chi connectivity index (χ2v) is 9.98. The lowest BCUT2D eigenvalue weighted by Gasteiger charge is -2.45. The molecule has 2 heterocycles. The van der Waals surface area contributed by atoms with Crippen molar-refractivity contribution in [3.63, 3.8) is 0 Å². The molecule has 1 aromatic heterocycles. The first kappa shape index (κ1) is 25.1. The van der Waals surface area contributed by atoms with E-state index in [1.807, 2.05) is 36.1 Å². The Hall–Kier alpha value is -4.01. The number of benzene rings is 1. The third kappa shape index (κ3) is 5.62. The topological polar surface area (TPSA) is 126 Å². The molecule has 0 radical (unpaired) electrons. The number of carbonyl (C=O) groups excluding carboxylic acids is 2. The summed E-state index contributed by atoms with van der Waals surface area (Å²) in [5.41, 5.74) is 8.25. The first-order chi connectivity index (χ1) is 17.2. The highest BCUT2D eigenvalue weighted by atomic mass is 16.2. The van der Waals surface area contributed by atoms with E-state index in [4.69, 9.17) is 5.73 Å². The van der Waals surface area contributed by atoms with E-state index in [9.17, 15) is 9.59 Å². The largest absolute Gasteiger partial charge is 0.364 e. The van der Waals surface area contributed by atoms with E-state index in [0.717, 1.165) is 18.5 Å². The van der Waals surface area contributed by atoms with Gasteiger partial charge in [0, 0.05) is 24.7 Å². The lowest BCUT2D eigenvalue weighted by molar-refractivity contribution is -0.118. The fourth-order valence-electron chi connectivity index (χ4n) is 4.82. The summed E-state index contributed by atoms with van der Waals surface area (Å²) >= 11 is 0. The second kappa shape index (κ2) is 10.3. The maximum Gasteiger partial charge on any atom is 0.273 e. The van der Waals surface area contributed by atoms with Gasteiger partial charge < -0.3 is 21.3 Å². The number of primary amides is 1. The summed E-state index contributed by atoms with van der Waals surface area (Å²) < 4.78 is 0. The van der Waals surface area contributed by atoms with Gasteiger partial charge >= 0.3 is 0 Å². The van der Waals surface area contributed by atoms with Gasteiger partial charge in [0.15, 0.2) is 11.5 Å². The van der Waals surface area contributed by atoms with Crippen molar-refractivity contribution >= 4 is 29.3 Å². The molecule has 1 aromatic carbocycles. The van der Waals surface area contributed by atoms with Gasteiger partial charge in [-0.05, 0) is 49.5 Å². The van der Waals surface area contributed by atoms with Crippen molar-refractivity contribution in [1.82, 2.24) is 20.5 Å². The number of hydrogen-bond acceptors (Lipinski definition) is 7. The Morgan fingerprint density at radius 1 is 1.25 bits per heavy atom. The molecule has 2 aromatic rings. The van der Waals surface area contributed by atoms with E-state index in [1.165, 1.54) is 17.2 Å². The number of nitrogens with one attached hydrogen (secondary N) is 2. The van der Waals surface area contributed by atoms with Gasteiger partial charge in [0.25, 0.3) is 5.91 Å². The summed E-state index contributed by atoms with van der Waals surface area (Å²) in [6.07, 6.45) is 9.25. The van der Waals surface area contributed by atoms with Crippen molar-refractivity contribution in [2.45, 2.75) is 45.1 Å². The number of anilines is 3. The average molecular weight is 488 g/mol. The maximum absolute atomic E-state index is 12.2. The van der Waals surface area contributed by atoms with Gasteiger partial charge in [-0.25, -0.2) is 0 Å². The molecule has 0 saturated carbocycles. The number of nitrogens with two attached hydrogens (primary N) is 1. The van der Waals surface area contributed by atoms with E-state index in [0.29, 0.717) is 25.0 Å². The zero-order valence-electron chi connectivity index (χ0n) is 21.0. The zero-order chi connectivity index (χ0) is 25.9. The van der Waals surface area contributed by atoms with Crippen LogP contribution in [0.25, 0.3) is 0 Å². The minimum Gasteiger partial charge on any atom is -0.364 e. The van der Waals surface area contributed by atoms with Crippen LogP contribution in [-0.4, -0.2) is 45.6 Å². The number of amides is 2. The summed E-state index contributed by atoms with van der Waals surface area (Å²) in [6, 6.07) is 7.91. The van der Waals surface area contributed by atoms with Crippen LogP contribution in [0.2, 0.25) is 0 Å². The smallest absolute Gasteiger partial charge is 0.273 e. The molecule has 1 saturated heterocycles. The first-order valence-corrected chi connectivity index (χ1v) is 12.1. The number of aromatic nitrogens is 3. The molecule has 2 amide bonds. The Balaban J connectivity index is 1.65. The zero-order valence-corrected chi connectivity index (χ0v) is 21.0. The molecule has 2 aliphatic rings. The Morgan fingerprint density at radius 3 is 2.61 bits per heavy atom. The monoisotopic (exact) mass is 487 g/mol. The molecule has 0 bridgehead atoms. The fourth-order valence-corrected chi connectivity index (χ4v) is 4.82. The van der Waals surface area contributed by atoms with Gasteiger partial charge in [0.2, 0.25) is 11.9 Å². The van der Waals surface area contributed by atoms with Crippen molar-refractivity contribution < 1.29 is 9.59 Å². The standard InChI is InChI=1S/C27H33N7O2/c1-5-22(35)31-27(4)14-20(19-8-6-7-9-19)15-34(16-27)26-30-25(23(24(28)36)32-33-26)29-21-12-10-18(11-13-21)17(2)3/h5-8,10-13,17,20H,1,9,14-16H2,2-4H3,(H2,28,36)(H,31,35)(H,29,30,33). The van der Waals surface area contributed by atoms with E-state index in [-0.39, 0.29) is 23.3 Å². The van der Waals surface area contributed by atoms with Crippen molar-refractivity contribution in [1.29, 1.82) is 0 Å².